The summed E-state index contributed by atoms with van der Waals surface area (Å²) in [6.45, 7) is 6.08. The Kier molecular flexibility index (Phi) is 5.34. The molecule has 0 unspecified atom stereocenters. The first-order chi connectivity index (χ1) is 8.25. The Balaban J connectivity index is 1.61. The predicted octanol–water partition coefficient (Wildman–Crippen LogP) is 4.37. The molecule has 0 amide bonds. The molecule has 100 valence electrons. The number of hydrogen-bond acceptors (Lipinski definition) is 1. The largest absolute Gasteiger partial charge is 0.314 e. The molecule has 0 saturated heterocycles. The third-order valence-corrected chi connectivity index (χ3v) is 5.13. The van der Waals surface area contributed by atoms with Gasteiger partial charge in [0.05, 0.1) is 0 Å². The Morgan fingerprint density at radius 2 is 1.53 bits per heavy atom. The summed E-state index contributed by atoms with van der Waals surface area (Å²) in [4.78, 5) is 0. The summed E-state index contributed by atoms with van der Waals surface area (Å²) in [5.74, 6) is 2.89. The van der Waals surface area contributed by atoms with E-state index < -0.39 is 0 Å². The zero-order valence-corrected chi connectivity index (χ0v) is 11.9. The fourth-order valence-corrected chi connectivity index (χ4v) is 3.71. The zero-order chi connectivity index (χ0) is 12.1. The Bertz CT molecular complexity index is 198. The van der Waals surface area contributed by atoms with Crippen molar-refractivity contribution in [1.82, 2.24) is 5.32 Å². The predicted molar refractivity (Wildman–Crippen MR) is 75.2 cm³/mol. The van der Waals surface area contributed by atoms with E-state index >= 15 is 0 Å². The fraction of sp³-hybridized carbons (Fsp3) is 1.00. The van der Waals surface area contributed by atoms with Crippen molar-refractivity contribution in [1.29, 1.82) is 0 Å². The summed E-state index contributed by atoms with van der Waals surface area (Å²) in [6.07, 6.45) is 13.2. The van der Waals surface area contributed by atoms with E-state index in [0.717, 1.165) is 23.8 Å². The highest BCUT2D eigenvalue weighted by Crippen LogP contribution is 2.30. The molecule has 17 heavy (non-hydrogen) atoms. The van der Waals surface area contributed by atoms with Crippen molar-refractivity contribution in [2.75, 3.05) is 6.54 Å². The Morgan fingerprint density at radius 3 is 2.12 bits per heavy atom. The molecule has 1 N–H and O–H groups in total. The van der Waals surface area contributed by atoms with Gasteiger partial charge in [-0.3, -0.25) is 0 Å². The summed E-state index contributed by atoms with van der Waals surface area (Å²) in [5.41, 5.74) is 0. The second-order valence-corrected chi connectivity index (χ2v) is 6.77. The van der Waals surface area contributed by atoms with Crippen LogP contribution in [0.4, 0.5) is 0 Å². The van der Waals surface area contributed by atoms with Gasteiger partial charge in [-0.25, -0.2) is 0 Å². The lowest BCUT2D eigenvalue weighted by Gasteiger charge is -2.33. The molecule has 0 atom stereocenters. The van der Waals surface area contributed by atoms with Crippen LogP contribution in [0.3, 0.4) is 0 Å². The van der Waals surface area contributed by atoms with Crippen LogP contribution in [0.5, 0.6) is 0 Å². The molecule has 2 aliphatic rings. The fourth-order valence-electron chi connectivity index (χ4n) is 3.71. The highest BCUT2D eigenvalue weighted by molar-refractivity contribution is 4.80. The minimum absolute atomic E-state index is 0.840. The van der Waals surface area contributed by atoms with Gasteiger partial charge >= 0.3 is 0 Å². The normalized spacial score (nSPS) is 31.9. The first-order valence-corrected chi connectivity index (χ1v) is 7.99. The van der Waals surface area contributed by atoms with Crippen molar-refractivity contribution in [3.63, 3.8) is 0 Å². The van der Waals surface area contributed by atoms with Crippen molar-refractivity contribution >= 4 is 0 Å². The number of rotatable bonds is 4. The van der Waals surface area contributed by atoms with Crippen molar-refractivity contribution in [2.45, 2.75) is 77.7 Å². The quantitative estimate of drug-likeness (QED) is 0.765. The summed E-state index contributed by atoms with van der Waals surface area (Å²) in [6, 6.07) is 0.840. The molecule has 2 saturated carbocycles. The van der Waals surface area contributed by atoms with E-state index in [2.05, 4.69) is 19.2 Å². The molecule has 0 aromatic rings. The molecule has 2 fully saturated rings. The van der Waals surface area contributed by atoms with Crippen molar-refractivity contribution in [2.24, 2.45) is 17.8 Å². The van der Waals surface area contributed by atoms with Gasteiger partial charge < -0.3 is 5.32 Å². The smallest absolute Gasteiger partial charge is 0.00673 e. The van der Waals surface area contributed by atoms with Gasteiger partial charge in [-0.1, -0.05) is 33.1 Å². The molecule has 0 heterocycles. The third-order valence-electron chi connectivity index (χ3n) is 5.13. The molecule has 0 aliphatic heterocycles. The van der Waals surface area contributed by atoms with Crippen LogP contribution in [0.2, 0.25) is 0 Å². The molecule has 0 aromatic heterocycles. The van der Waals surface area contributed by atoms with Gasteiger partial charge in [-0.15, -0.1) is 0 Å². The molecule has 0 radical (unpaired) electrons. The molecule has 2 rings (SSSR count). The number of nitrogens with one attached hydrogen (secondary N) is 1. The average molecular weight is 237 g/mol. The van der Waals surface area contributed by atoms with Gasteiger partial charge in [0.1, 0.15) is 0 Å². The maximum absolute atomic E-state index is 3.85. The lowest BCUT2D eigenvalue weighted by atomic mass is 9.79. The molecule has 0 spiro atoms. The summed E-state index contributed by atoms with van der Waals surface area (Å²) >= 11 is 0. The maximum Gasteiger partial charge on any atom is 0.00673 e. The topological polar surface area (TPSA) is 12.0 Å². The second kappa shape index (κ2) is 6.78. The molecule has 0 aromatic carbocycles. The van der Waals surface area contributed by atoms with E-state index in [-0.39, 0.29) is 0 Å². The van der Waals surface area contributed by atoms with E-state index in [0.29, 0.717) is 0 Å². The van der Waals surface area contributed by atoms with Crippen LogP contribution in [0, 0.1) is 17.8 Å². The van der Waals surface area contributed by atoms with Crippen molar-refractivity contribution in [3.05, 3.63) is 0 Å². The van der Waals surface area contributed by atoms with Gasteiger partial charge in [0.15, 0.2) is 0 Å². The van der Waals surface area contributed by atoms with Crippen molar-refractivity contribution < 1.29 is 0 Å². The average Bonchev–Trinajstić information content (AvgIpc) is 2.38. The molecular weight excluding hydrogens is 206 g/mol. The zero-order valence-electron chi connectivity index (χ0n) is 11.9. The summed E-state index contributed by atoms with van der Waals surface area (Å²) < 4.78 is 0. The summed E-state index contributed by atoms with van der Waals surface area (Å²) in [7, 11) is 0. The minimum Gasteiger partial charge on any atom is -0.314 e. The van der Waals surface area contributed by atoms with Gasteiger partial charge in [-0.2, -0.15) is 0 Å². The Hall–Kier alpha value is -0.0400. The van der Waals surface area contributed by atoms with E-state index in [4.69, 9.17) is 0 Å². The molecule has 2 aliphatic carbocycles. The van der Waals surface area contributed by atoms with Crippen LogP contribution in [-0.2, 0) is 0 Å². The summed E-state index contributed by atoms with van der Waals surface area (Å²) in [5, 5.41) is 3.85. The lowest BCUT2D eigenvalue weighted by Crippen LogP contribution is -2.37. The Morgan fingerprint density at radius 1 is 0.882 bits per heavy atom. The SMILES string of the molecule is CC(C)C1CCC(NCC2CCCCC2)CC1. The van der Waals surface area contributed by atoms with Crippen LogP contribution in [0.1, 0.15) is 71.6 Å². The first kappa shape index (κ1) is 13.4. The van der Waals surface area contributed by atoms with Crippen LogP contribution >= 0.6 is 0 Å². The monoisotopic (exact) mass is 237 g/mol. The minimum atomic E-state index is 0.840. The van der Waals surface area contributed by atoms with Gasteiger partial charge in [0, 0.05) is 6.04 Å². The third kappa shape index (κ3) is 4.28. The van der Waals surface area contributed by atoms with Gasteiger partial charge in [-0.05, 0) is 62.8 Å². The Labute approximate surface area is 108 Å². The highest BCUT2D eigenvalue weighted by Gasteiger charge is 2.23. The molecule has 1 nitrogen and oxygen atoms in total. The van der Waals surface area contributed by atoms with E-state index in [1.165, 1.54) is 64.3 Å². The standard InChI is InChI=1S/C16H31N/c1-13(2)15-8-10-16(11-9-15)17-12-14-6-4-3-5-7-14/h13-17H,3-12H2,1-2H3. The van der Waals surface area contributed by atoms with Gasteiger partial charge in [0.25, 0.3) is 0 Å². The van der Waals surface area contributed by atoms with Crippen LogP contribution in [0.15, 0.2) is 0 Å². The second-order valence-electron chi connectivity index (χ2n) is 6.77. The van der Waals surface area contributed by atoms with Gasteiger partial charge in [0.2, 0.25) is 0 Å². The lowest BCUT2D eigenvalue weighted by molar-refractivity contribution is 0.227. The van der Waals surface area contributed by atoms with E-state index in [1.54, 1.807) is 0 Å². The van der Waals surface area contributed by atoms with E-state index in [9.17, 15) is 0 Å². The number of hydrogen-bond donors (Lipinski definition) is 1. The molecule has 0 bridgehead atoms. The highest BCUT2D eigenvalue weighted by atomic mass is 14.9. The molecule has 1 heteroatoms. The van der Waals surface area contributed by atoms with Crippen molar-refractivity contribution in [3.8, 4) is 0 Å². The van der Waals surface area contributed by atoms with E-state index in [1.807, 2.05) is 0 Å². The maximum atomic E-state index is 3.85. The molecular formula is C16H31N. The van der Waals surface area contributed by atoms with Crippen LogP contribution in [0.25, 0.3) is 0 Å². The van der Waals surface area contributed by atoms with Crippen LogP contribution in [-0.4, -0.2) is 12.6 Å². The van der Waals surface area contributed by atoms with Crippen LogP contribution < -0.4 is 5.32 Å². The first-order valence-electron chi connectivity index (χ1n) is 7.99.